The molecule has 0 bridgehead atoms. The lowest BCUT2D eigenvalue weighted by atomic mass is 10.0. The van der Waals surface area contributed by atoms with Gasteiger partial charge in [0.1, 0.15) is 18.3 Å². The van der Waals surface area contributed by atoms with Crippen molar-refractivity contribution >= 4 is 23.3 Å². The molecule has 1 aromatic rings. The highest BCUT2D eigenvalue weighted by atomic mass is 35.5. The van der Waals surface area contributed by atoms with E-state index in [9.17, 15) is 15.0 Å². The molecule has 0 aromatic heterocycles. The van der Waals surface area contributed by atoms with Crippen LogP contribution in [0.3, 0.4) is 0 Å². The van der Waals surface area contributed by atoms with Crippen molar-refractivity contribution in [2.24, 2.45) is 0 Å². The molecule has 0 radical (unpaired) electrons. The normalized spacial score (nSPS) is 31.4. The maximum absolute atomic E-state index is 12.3. The van der Waals surface area contributed by atoms with Crippen LogP contribution in [0.1, 0.15) is 13.8 Å². The highest BCUT2D eigenvalue weighted by molar-refractivity contribution is 6.30. The summed E-state index contributed by atoms with van der Waals surface area (Å²) in [5.41, 5.74) is 0.556. The molecular weight excluding hydrogens is 352 g/mol. The van der Waals surface area contributed by atoms with Crippen LogP contribution in [-0.4, -0.2) is 59.3 Å². The topological polar surface area (TPSA) is 109 Å². The molecule has 2 aliphatic rings. The van der Waals surface area contributed by atoms with E-state index in [2.05, 4.69) is 10.6 Å². The van der Waals surface area contributed by atoms with Crippen molar-refractivity contribution in [1.82, 2.24) is 5.32 Å². The number of hydrogen-bond acceptors (Lipinski definition) is 6. The summed E-state index contributed by atoms with van der Waals surface area (Å²) in [6.45, 7) is 2.96. The Hall–Kier alpha value is -1.42. The van der Waals surface area contributed by atoms with Gasteiger partial charge in [0, 0.05) is 10.7 Å². The van der Waals surface area contributed by atoms with Crippen molar-refractivity contribution in [3.05, 3.63) is 29.3 Å². The maximum Gasteiger partial charge on any atom is 0.319 e. The third-order valence-electron chi connectivity index (χ3n) is 4.05. The highest BCUT2D eigenvalue weighted by Crippen LogP contribution is 2.38. The maximum atomic E-state index is 12.3. The number of aliphatic hydroxyl groups excluding tert-OH is 2. The van der Waals surface area contributed by atoms with Gasteiger partial charge in [-0.3, -0.25) is 0 Å². The van der Waals surface area contributed by atoms with E-state index in [-0.39, 0.29) is 0 Å². The third-order valence-corrected chi connectivity index (χ3v) is 4.31. The second-order valence-electron chi connectivity index (χ2n) is 6.45. The largest absolute Gasteiger partial charge is 0.394 e. The standard InChI is InChI=1S/C16H21ClN2O6/c1-16(2)24-13-11(12(10(21)7-20)23-14(13)25-16)19-15(22)18-9-5-3-8(17)4-6-9/h3-6,10-14,20-21H,7H2,1-2H3,(H2,18,19,22)/t10?,11-,12-,13-,14-/m1/s1. The van der Waals surface area contributed by atoms with Gasteiger partial charge in [-0.15, -0.1) is 0 Å². The Balaban J connectivity index is 1.70. The summed E-state index contributed by atoms with van der Waals surface area (Å²) in [6, 6.07) is 5.44. The number of aliphatic hydroxyl groups is 2. The molecule has 25 heavy (non-hydrogen) atoms. The summed E-state index contributed by atoms with van der Waals surface area (Å²) in [7, 11) is 0. The van der Waals surface area contributed by atoms with Gasteiger partial charge in [-0.2, -0.15) is 0 Å². The molecule has 5 atom stereocenters. The number of anilines is 1. The van der Waals surface area contributed by atoms with Gasteiger partial charge in [-0.25, -0.2) is 4.79 Å². The van der Waals surface area contributed by atoms with Crippen LogP contribution in [0.4, 0.5) is 10.5 Å². The Morgan fingerprint density at radius 1 is 1.32 bits per heavy atom. The molecule has 0 saturated carbocycles. The van der Waals surface area contributed by atoms with Gasteiger partial charge in [-0.1, -0.05) is 11.6 Å². The zero-order chi connectivity index (χ0) is 18.2. The molecule has 2 saturated heterocycles. The average Bonchev–Trinajstić information content (AvgIpc) is 3.02. The van der Waals surface area contributed by atoms with Crippen LogP contribution < -0.4 is 10.6 Å². The van der Waals surface area contributed by atoms with Gasteiger partial charge >= 0.3 is 6.03 Å². The molecule has 4 N–H and O–H groups in total. The van der Waals surface area contributed by atoms with Crippen molar-refractivity contribution < 1.29 is 29.2 Å². The summed E-state index contributed by atoms with van der Waals surface area (Å²) in [5, 5.41) is 25.2. The average molecular weight is 373 g/mol. The van der Waals surface area contributed by atoms with E-state index >= 15 is 0 Å². The van der Waals surface area contributed by atoms with E-state index in [0.717, 1.165) is 0 Å². The molecule has 9 heteroatoms. The molecular formula is C16H21ClN2O6. The predicted octanol–water partition coefficient (Wildman–Crippen LogP) is 1.06. The molecule has 3 rings (SSSR count). The first-order valence-electron chi connectivity index (χ1n) is 7.92. The minimum atomic E-state index is -1.18. The van der Waals surface area contributed by atoms with Crippen LogP contribution in [0.25, 0.3) is 0 Å². The minimum absolute atomic E-state index is 0.500. The van der Waals surface area contributed by atoms with Gasteiger partial charge in [0.2, 0.25) is 0 Å². The Labute approximate surface area is 150 Å². The fraction of sp³-hybridized carbons (Fsp3) is 0.562. The first-order chi connectivity index (χ1) is 11.8. The predicted molar refractivity (Wildman–Crippen MR) is 89.2 cm³/mol. The Morgan fingerprint density at radius 2 is 2.00 bits per heavy atom. The van der Waals surface area contributed by atoms with E-state index in [1.807, 2.05) is 0 Å². The van der Waals surface area contributed by atoms with E-state index in [0.29, 0.717) is 10.7 Å². The minimum Gasteiger partial charge on any atom is -0.394 e. The molecule has 0 spiro atoms. The van der Waals surface area contributed by atoms with Crippen molar-refractivity contribution in [3.63, 3.8) is 0 Å². The number of nitrogens with one attached hydrogen (secondary N) is 2. The van der Waals surface area contributed by atoms with Crippen LogP contribution in [0.15, 0.2) is 24.3 Å². The summed E-state index contributed by atoms with van der Waals surface area (Å²) >= 11 is 5.82. The SMILES string of the molecule is CC1(C)O[C@H]2O[C@H](C(O)CO)[C@@H](NC(=O)Nc3ccc(Cl)cc3)[C@H]2O1. The number of benzene rings is 1. The molecule has 2 heterocycles. The summed E-state index contributed by atoms with van der Waals surface area (Å²) < 4.78 is 17.0. The monoisotopic (exact) mass is 372 g/mol. The lowest BCUT2D eigenvalue weighted by Crippen LogP contribution is -2.53. The Morgan fingerprint density at radius 3 is 2.64 bits per heavy atom. The first-order valence-corrected chi connectivity index (χ1v) is 8.30. The number of ether oxygens (including phenoxy) is 3. The zero-order valence-corrected chi connectivity index (χ0v) is 14.6. The Kier molecular flexibility index (Phi) is 5.19. The van der Waals surface area contributed by atoms with E-state index in [1.54, 1.807) is 38.1 Å². The molecule has 2 amide bonds. The second-order valence-corrected chi connectivity index (χ2v) is 6.89. The molecule has 1 aromatic carbocycles. The van der Waals surface area contributed by atoms with Gasteiger partial charge in [0.05, 0.1) is 12.6 Å². The van der Waals surface area contributed by atoms with Crippen LogP contribution in [-0.2, 0) is 14.2 Å². The van der Waals surface area contributed by atoms with Crippen LogP contribution in [0.2, 0.25) is 5.02 Å². The number of halogens is 1. The molecule has 8 nitrogen and oxygen atoms in total. The lowest BCUT2D eigenvalue weighted by molar-refractivity contribution is -0.218. The number of rotatable bonds is 4. The van der Waals surface area contributed by atoms with Gasteiger partial charge in [0.15, 0.2) is 12.1 Å². The Bertz CT molecular complexity index is 626. The fourth-order valence-electron chi connectivity index (χ4n) is 2.98. The number of fused-ring (bicyclic) bond motifs is 1. The lowest BCUT2D eigenvalue weighted by Gasteiger charge is -2.28. The highest BCUT2D eigenvalue weighted by Gasteiger charge is 2.56. The fourth-order valence-corrected chi connectivity index (χ4v) is 3.11. The summed E-state index contributed by atoms with van der Waals surface area (Å²) in [5.74, 6) is -0.864. The van der Waals surface area contributed by atoms with Crippen LogP contribution in [0.5, 0.6) is 0 Å². The molecule has 0 aliphatic carbocycles. The van der Waals surface area contributed by atoms with Crippen LogP contribution >= 0.6 is 11.6 Å². The molecule has 1 unspecified atom stereocenters. The first kappa shape index (κ1) is 18.4. The number of amides is 2. The van der Waals surface area contributed by atoms with E-state index in [1.165, 1.54) is 0 Å². The van der Waals surface area contributed by atoms with Crippen molar-refractivity contribution in [2.45, 2.75) is 50.3 Å². The quantitative estimate of drug-likeness (QED) is 0.629. The molecule has 138 valence electrons. The second kappa shape index (κ2) is 7.06. The van der Waals surface area contributed by atoms with Crippen molar-refractivity contribution in [1.29, 1.82) is 0 Å². The van der Waals surface area contributed by atoms with E-state index in [4.69, 9.17) is 25.8 Å². The summed E-state index contributed by atoms with van der Waals surface area (Å²) in [4.78, 5) is 12.3. The van der Waals surface area contributed by atoms with Gasteiger partial charge in [-0.05, 0) is 38.1 Å². The number of urea groups is 1. The third kappa shape index (κ3) is 4.05. The van der Waals surface area contributed by atoms with Crippen molar-refractivity contribution in [2.75, 3.05) is 11.9 Å². The number of carbonyl (C=O) groups excluding carboxylic acids is 1. The van der Waals surface area contributed by atoms with Crippen LogP contribution in [0, 0.1) is 0 Å². The molecule has 2 aliphatic heterocycles. The van der Waals surface area contributed by atoms with Crippen molar-refractivity contribution in [3.8, 4) is 0 Å². The number of hydrogen-bond donors (Lipinski definition) is 4. The van der Waals surface area contributed by atoms with E-state index < -0.39 is 49.1 Å². The zero-order valence-electron chi connectivity index (χ0n) is 13.8. The smallest absolute Gasteiger partial charge is 0.319 e. The van der Waals surface area contributed by atoms with Gasteiger partial charge in [0.25, 0.3) is 0 Å². The van der Waals surface area contributed by atoms with Gasteiger partial charge < -0.3 is 35.1 Å². The summed E-state index contributed by atoms with van der Waals surface area (Å²) in [6.07, 6.45) is -3.37. The molecule has 2 fully saturated rings. The number of carbonyl (C=O) groups is 1.